The number of rotatable bonds is 5. The molecule has 0 bridgehead atoms. The van der Waals surface area contributed by atoms with Crippen LogP contribution in [-0.2, 0) is 6.18 Å². The second-order valence-electron chi connectivity index (χ2n) is 4.73. The van der Waals surface area contributed by atoms with E-state index in [1.165, 1.54) is 0 Å². The van der Waals surface area contributed by atoms with Crippen LogP contribution < -0.4 is 10.5 Å². The van der Waals surface area contributed by atoms with Crippen molar-refractivity contribution in [2.75, 3.05) is 6.61 Å². The largest absolute Gasteiger partial charge is 0.492 e. The molecule has 0 radical (unpaired) electrons. The summed E-state index contributed by atoms with van der Waals surface area (Å²) in [4.78, 5) is 9.51. The Bertz CT molecular complexity index is 501. The molecule has 1 rings (SSSR count). The molecule has 1 atom stereocenters. The van der Waals surface area contributed by atoms with E-state index in [0.717, 1.165) is 12.1 Å². The van der Waals surface area contributed by atoms with E-state index in [0.29, 0.717) is 12.5 Å². The molecular formula is C12H15F3N2O3. The lowest BCUT2D eigenvalue weighted by molar-refractivity contribution is -0.388. The quantitative estimate of drug-likeness (QED) is 0.668. The van der Waals surface area contributed by atoms with Crippen molar-refractivity contribution < 1.29 is 22.8 Å². The number of nitrogens with zero attached hydrogens (tertiary/aromatic N) is 1. The van der Waals surface area contributed by atoms with Gasteiger partial charge in [-0.05, 0) is 25.5 Å². The molecule has 0 amide bonds. The number of hydrogen-bond donors (Lipinski definition) is 1. The number of nitrogens with two attached hydrogens (primary N) is 1. The Balaban J connectivity index is 3.05. The maximum Gasteiger partial charge on any atom is 0.423 e. The average Bonchev–Trinajstić information content (AvgIpc) is 2.35. The molecule has 20 heavy (non-hydrogen) atoms. The molecule has 0 fully saturated rings. The maximum atomic E-state index is 12.7. The van der Waals surface area contributed by atoms with Crippen molar-refractivity contribution in [1.82, 2.24) is 0 Å². The van der Waals surface area contributed by atoms with E-state index < -0.39 is 27.9 Å². The zero-order valence-electron chi connectivity index (χ0n) is 11.0. The highest BCUT2D eigenvalue weighted by Gasteiger charge is 2.38. The minimum absolute atomic E-state index is 0.0125. The number of benzene rings is 1. The lowest BCUT2D eigenvalue weighted by Gasteiger charge is -2.23. The van der Waals surface area contributed by atoms with Gasteiger partial charge in [0, 0.05) is 11.6 Å². The summed E-state index contributed by atoms with van der Waals surface area (Å²) in [7, 11) is 0. The highest BCUT2D eigenvalue weighted by molar-refractivity contribution is 5.47. The van der Waals surface area contributed by atoms with E-state index in [-0.39, 0.29) is 12.4 Å². The topological polar surface area (TPSA) is 78.4 Å². The molecule has 0 aliphatic carbocycles. The number of ether oxygens (including phenoxy) is 1. The zero-order chi connectivity index (χ0) is 15.6. The summed E-state index contributed by atoms with van der Waals surface area (Å²) in [5.74, 6) is -0.104. The minimum Gasteiger partial charge on any atom is -0.492 e. The van der Waals surface area contributed by atoms with Crippen LogP contribution in [0.5, 0.6) is 5.75 Å². The Morgan fingerprint density at radius 2 is 2.00 bits per heavy atom. The summed E-state index contributed by atoms with van der Waals surface area (Å²) in [6.07, 6.45) is -4.25. The molecule has 112 valence electrons. The molecule has 0 aliphatic rings. The second kappa shape index (κ2) is 5.66. The first-order valence-corrected chi connectivity index (χ1v) is 5.84. The van der Waals surface area contributed by atoms with Gasteiger partial charge in [-0.2, -0.15) is 13.2 Å². The summed E-state index contributed by atoms with van der Waals surface area (Å²) in [6.45, 7) is 3.53. The molecule has 1 unspecified atom stereocenters. The molecule has 1 aromatic carbocycles. The van der Waals surface area contributed by atoms with E-state index in [1.807, 2.05) is 6.92 Å². The van der Waals surface area contributed by atoms with Crippen LogP contribution in [0.2, 0.25) is 0 Å². The van der Waals surface area contributed by atoms with Crippen LogP contribution in [0.3, 0.4) is 0 Å². The van der Waals surface area contributed by atoms with Crippen molar-refractivity contribution in [2.24, 2.45) is 5.73 Å². The average molecular weight is 292 g/mol. The van der Waals surface area contributed by atoms with Gasteiger partial charge in [-0.25, -0.2) is 0 Å². The van der Waals surface area contributed by atoms with Gasteiger partial charge in [0.15, 0.2) is 0 Å². The Hall–Kier alpha value is -1.83. The highest BCUT2D eigenvalue weighted by Crippen LogP contribution is 2.38. The lowest BCUT2D eigenvalue weighted by atomic mass is 10.0. The summed E-state index contributed by atoms with van der Waals surface area (Å²) in [5.41, 5.74) is 2.79. The van der Waals surface area contributed by atoms with Crippen LogP contribution in [0.15, 0.2) is 18.2 Å². The molecule has 1 aromatic rings. The molecule has 5 nitrogen and oxygen atoms in total. The Morgan fingerprint density at radius 1 is 1.40 bits per heavy atom. The molecule has 0 aliphatic heterocycles. The summed E-state index contributed by atoms with van der Waals surface area (Å²) in [5, 5.41) is 10.6. The fraction of sp³-hybridized carbons (Fsp3) is 0.500. The van der Waals surface area contributed by atoms with Gasteiger partial charge in [-0.15, -0.1) is 0 Å². The van der Waals surface area contributed by atoms with Crippen molar-refractivity contribution in [1.29, 1.82) is 0 Å². The fourth-order valence-electron chi connectivity index (χ4n) is 1.34. The summed E-state index contributed by atoms with van der Waals surface area (Å²) < 4.78 is 43.4. The molecule has 0 saturated heterocycles. The third kappa shape index (κ3) is 4.09. The number of alkyl halides is 3. The first-order valence-electron chi connectivity index (χ1n) is 5.84. The van der Waals surface area contributed by atoms with Gasteiger partial charge in [0.05, 0.1) is 4.92 Å². The van der Waals surface area contributed by atoms with Gasteiger partial charge >= 0.3 is 6.18 Å². The van der Waals surface area contributed by atoms with E-state index >= 15 is 0 Å². The summed E-state index contributed by atoms with van der Waals surface area (Å²) >= 11 is 0. The number of nitro groups is 1. The maximum absolute atomic E-state index is 12.7. The van der Waals surface area contributed by atoms with Crippen LogP contribution in [0.4, 0.5) is 18.9 Å². The van der Waals surface area contributed by atoms with Crippen molar-refractivity contribution >= 4 is 5.69 Å². The van der Waals surface area contributed by atoms with Crippen LogP contribution in [0, 0.1) is 10.1 Å². The Morgan fingerprint density at radius 3 is 2.45 bits per heavy atom. The van der Waals surface area contributed by atoms with Crippen molar-refractivity contribution in [3.63, 3.8) is 0 Å². The lowest BCUT2D eigenvalue weighted by Crippen LogP contribution is -2.41. The van der Waals surface area contributed by atoms with Crippen LogP contribution in [0.1, 0.15) is 25.8 Å². The van der Waals surface area contributed by atoms with Gasteiger partial charge in [0.2, 0.25) is 0 Å². The fourth-order valence-corrected chi connectivity index (χ4v) is 1.34. The normalized spacial score (nSPS) is 14.7. The standard InChI is InChI=1S/C12H15F3N2O3/c1-3-11(2,16)7-20-8-4-5-10(17(18)19)9(6-8)12(13,14)15/h4-6H,3,7,16H2,1-2H3. The third-order valence-electron chi connectivity index (χ3n) is 2.85. The van der Waals surface area contributed by atoms with E-state index in [2.05, 4.69) is 0 Å². The monoisotopic (exact) mass is 292 g/mol. The van der Waals surface area contributed by atoms with Crippen LogP contribution >= 0.6 is 0 Å². The van der Waals surface area contributed by atoms with Crippen LogP contribution in [-0.4, -0.2) is 17.1 Å². The summed E-state index contributed by atoms with van der Waals surface area (Å²) in [6, 6.07) is 2.51. The van der Waals surface area contributed by atoms with E-state index in [9.17, 15) is 23.3 Å². The zero-order valence-corrected chi connectivity index (χ0v) is 11.0. The predicted molar refractivity (Wildman–Crippen MR) is 66.5 cm³/mol. The van der Waals surface area contributed by atoms with Gasteiger partial charge in [-0.1, -0.05) is 6.92 Å². The molecule has 0 aromatic heterocycles. The molecule has 2 N–H and O–H groups in total. The van der Waals surface area contributed by atoms with E-state index in [4.69, 9.17) is 10.5 Å². The van der Waals surface area contributed by atoms with Crippen molar-refractivity contribution in [2.45, 2.75) is 32.0 Å². The SMILES string of the molecule is CCC(C)(N)COc1ccc([N+](=O)[O-])c(C(F)(F)F)c1. The molecule has 8 heteroatoms. The smallest absolute Gasteiger partial charge is 0.423 e. The molecular weight excluding hydrogens is 277 g/mol. The first-order chi connectivity index (χ1) is 9.07. The van der Waals surface area contributed by atoms with Crippen molar-refractivity contribution in [3.8, 4) is 5.75 Å². The highest BCUT2D eigenvalue weighted by atomic mass is 19.4. The van der Waals surface area contributed by atoms with E-state index in [1.54, 1.807) is 6.92 Å². The third-order valence-corrected chi connectivity index (χ3v) is 2.85. The second-order valence-corrected chi connectivity index (χ2v) is 4.73. The molecule has 0 saturated carbocycles. The molecule has 0 spiro atoms. The first kappa shape index (κ1) is 16.2. The van der Waals surface area contributed by atoms with Crippen molar-refractivity contribution in [3.05, 3.63) is 33.9 Å². The minimum atomic E-state index is -4.82. The van der Waals surface area contributed by atoms with Gasteiger partial charge in [0.1, 0.15) is 17.9 Å². The Kier molecular flexibility index (Phi) is 4.59. The van der Waals surface area contributed by atoms with Gasteiger partial charge in [-0.3, -0.25) is 10.1 Å². The predicted octanol–water partition coefficient (Wildman–Crippen LogP) is 3.12. The van der Waals surface area contributed by atoms with Crippen LogP contribution in [0.25, 0.3) is 0 Å². The Labute approximate surface area is 113 Å². The number of hydrogen-bond acceptors (Lipinski definition) is 4. The van der Waals surface area contributed by atoms with Gasteiger partial charge < -0.3 is 10.5 Å². The number of halogens is 3. The number of nitro benzene ring substituents is 1. The van der Waals surface area contributed by atoms with Gasteiger partial charge in [0.25, 0.3) is 5.69 Å². The molecule has 0 heterocycles.